The molecule has 1 aromatic rings. The van der Waals surface area contributed by atoms with Crippen LogP contribution in [-0.4, -0.2) is 5.11 Å². The average Bonchev–Trinajstić information content (AvgIpc) is 2.81. The van der Waals surface area contributed by atoms with E-state index < -0.39 is 0 Å². The van der Waals surface area contributed by atoms with Crippen molar-refractivity contribution in [1.82, 2.24) is 0 Å². The summed E-state index contributed by atoms with van der Waals surface area (Å²) >= 11 is 0. The Labute approximate surface area is 95.7 Å². The van der Waals surface area contributed by atoms with Gasteiger partial charge in [-0.2, -0.15) is 0 Å². The van der Waals surface area contributed by atoms with Gasteiger partial charge in [-0.1, -0.05) is 60.2 Å². The number of rotatable bonds is 2. The molecule has 1 aromatic carbocycles. The maximum atomic E-state index is 9.76. The molecule has 1 N–H and O–H groups in total. The zero-order chi connectivity index (χ0) is 11.4. The Morgan fingerprint density at radius 1 is 1.06 bits per heavy atom. The SMILES string of the molecule is Cc1ccc(C=CC(O)=C2C=CC=C2)cc1. The highest BCUT2D eigenvalue weighted by molar-refractivity contribution is 5.55. The predicted octanol–water partition coefficient (Wildman–Crippen LogP) is 3.95. The van der Waals surface area contributed by atoms with Gasteiger partial charge in [0.2, 0.25) is 0 Å². The number of aliphatic hydroxyl groups excluding tert-OH is 1. The summed E-state index contributed by atoms with van der Waals surface area (Å²) in [6, 6.07) is 8.17. The minimum Gasteiger partial charge on any atom is -0.507 e. The molecule has 1 aliphatic rings. The van der Waals surface area contributed by atoms with Crippen molar-refractivity contribution in [3.8, 4) is 0 Å². The largest absolute Gasteiger partial charge is 0.507 e. The zero-order valence-electron chi connectivity index (χ0n) is 9.22. The molecule has 0 bridgehead atoms. The van der Waals surface area contributed by atoms with Crippen LogP contribution in [0.2, 0.25) is 0 Å². The summed E-state index contributed by atoms with van der Waals surface area (Å²) in [7, 11) is 0. The second kappa shape index (κ2) is 4.67. The fraction of sp³-hybridized carbons (Fsp3) is 0.0667. The molecular weight excluding hydrogens is 196 g/mol. The van der Waals surface area contributed by atoms with E-state index in [0.717, 1.165) is 11.1 Å². The molecule has 0 fully saturated rings. The first-order valence-electron chi connectivity index (χ1n) is 5.28. The Balaban J connectivity index is 2.15. The van der Waals surface area contributed by atoms with Gasteiger partial charge in [0.25, 0.3) is 0 Å². The van der Waals surface area contributed by atoms with Gasteiger partial charge >= 0.3 is 0 Å². The first-order valence-corrected chi connectivity index (χ1v) is 5.28. The number of benzene rings is 1. The van der Waals surface area contributed by atoms with E-state index >= 15 is 0 Å². The van der Waals surface area contributed by atoms with Crippen molar-refractivity contribution in [3.63, 3.8) is 0 Å². The van der Waals surface area contributed by atoms with E-state index in [1.807, 2.05) is 42.5 Å². The summed E-state index contributed by atoms with van der Waals surface area (Å²) in [6.07, 6.45) is 11.2. The zero-order valence-corrected chi connectivity index (χ0v) is 9.22. The van der Waals surface area contributed by atoms with Gasteiger partial charge in [0.1, 0.15) is 5.76 Å². The van der Waals surface area contributed by atoms with Crippen LogP contribution in [0.4, 0.5) is 0 Å². The third kappa shape index (κ3) is 2.51. The van der Waals surface area contributed by atoms with Crippen LogP contribution in [0.15, 0.2) is 66.0 Å². The fourth-order valence-corrected chi connectivity index (χ4v) is 1.49. The maximum absolute atomic E-state index is 9.76. The van der Waals surface area contributed by atoms with Crippen LogP contribution in [0, 0.1) is 6.92 Å². The summed E-state index contributed by atoms with van der Waals surface area (Å²) in [5.74, 6) is 0.297. The molecule has 0 unspecified atom stereocenters. The van der Waals surface area contributed by atoms with E-state index in [9.17, 15) is 5.11 Å². The molecule has 0 radical (unpaired) electrons. The molecule has 0 heterocycles. The van der Waals surface area contributed by atoms with Crippen molar-refractivity contribution in [1.29, 1.82) is 0 Å². The lowest BCUT2D eigenvalue weighted by atomic mass is 10.1. The summed E-state index contributed by atoms with van der Waals surface area (Å²) in [5, 5.41) is 9.76. The predicted molar refractivity (Wildman–Crippen MR) is 68.1 cm³/mol. The highest BCUT2D eigenvalue weighted by Crippen LogP contribution is 2.14. The highest BCUT2D eigenvalue weighted by Gasteiger charge is 1.97. The molecule has 1 nitrogen and oxygen atoms in total. The van der Waals surface area contributed by atoms with Crippen LogP contribution in [0.25, 0.3) is 6.08 Å². The van der Waals surface area contributed by atoms with Crippen molar-refractivity contribution in [2.24, 2.45) is 0 Å². The maximum Gasteiger partial charge on any atom is 0.122 e. The molecule has 0 aliphatic heterocycles. The summed E-state index contributed by atoms with van der Waals surface area (Å²) in [4.78, 5) is 0. The monoisotopic (exact) mass is 210 g/mol. The molecule has 80 valence electrons. The van der Waals surface area contributed by atoms with E-state index in [-0.39, 0.29) is 0 Å². The van der Waals surface area contributed by atoms with E-state index in [1.54, 1.807) is 6.08 Å². The summed E-state index contributed by atoms with van der Waals surface area (Å²) in [6.45, 7) is 2.06. The smallest absolute Gasteiger partial charge is 0.122 e. The Morgan fingerprint density at radius 2 is 1.69 bits per heavy atom. The summed E-state index contributed by atoms with van der Waals surface area (Å²) in [5.41, 5.74) is 3.17. The second-order valence-electron chi connectivity index (χ2n) is 3.80. The van der Waals surface area contributed by atoms with Gasteiger partial charge in [-0.25, -0.2) is 0 Å². The number of allylic oxidation sites excluding steroid dienone is 6. The Morgan fingerprint density at radius 3 is 2.31 bits per heavy atom. The molecule has 1 heteroatoms. The van der Waals surface area contributed by atoms with Crippen LogP contribution in [0.3, 0.4) is 0 Å². The molecule has 1 aliphatic carbocycles. The number of aryl methyl sites for hydroxylation is 1. The molecular formula is C15H14O. The third-order valence-corrected chi connectivity index (χ3v) is 2.47. The van der Waals surface area contributed by atoms with E-state index in [1.165, 1.54) is 5.56 Å². The van der Waals surface area contributed by atoms with Crippen molar-refractivity contribution >= 4 is 6.08 Å². The van der Waals surface area contributed by atoms with Crippen LogP contribution in [0.1, 0.15) is 11.1 Å². The average molecular weight is 210 g/mol. The van der Waals surface area contributed by atoms with Crippen LogP contribution >= 0.6 is 0 Å². The molecule has 0 amide bonds. The Kier molecular flexibility index (Phi) is 3.06. The van der Waals surface area contributed by atoms with Crippen molar-refractivity contribution in [2.45, 2.75) is 6.92 Å². The number of hydrogen-bond acceptors (Lipinski definition) is 1. The van der Waals surface area contributed by atoms with Crippen molar-refractivity contribution < 1.29 is 5.11 Å². The highest BCUT2D eigenvalue weighted by atomic mass is 16.3. The topological polar surface area (TPSA) is 20.2 Å². The van der Waals surface area contributed by atoms with Gasteiger partial charge < -0.3 is 5.11 Å². The van der Waals surface area contributed by atoms with E-state index in [2.05, 4.69) is 19.1 Å². The van der Waals surface area contributed by atoms with Crippen LogP contribution in [0.5, 0.6) is 0 Å². The van der Waals surface area contributed by atoms with E-state index in [4.69, 9.17) is 0 Å². The van der Waals surface area contributed by atoms with Gasteiger partial charge in [-0.05, 0) is 18.6 Å². The third-order valence-electron chi connectivity index (χ3n) is 2.47. The Bertz CT molecular complexity index is 471. The quantitative estimate of drug-likeness (QED) is 0.733. The standard InChI is InChI=1S/C15H14O/c1-12-6-8-13(9-7-12)10-11-15(16)14-4-2-3-5-14/h2-11,16H,1H3. The number of aliphatic hydroxyl groups is 1. The molecule has 0 saturated carbocycles. The molecule has 2 rings (SSSR count). The lowest BCUT2D eigenvalue weighted by molar-refractivity contribution is 0.430. The summed E-state index contributed by atoms with van der Waals surface area (Å²) < 4.78 is 0. The van der Waals surface area contributed by atoms with Gasteiger partial charge in [0.15, 0.2) is 0 Å². The molecule has 0 spiro atoms. The van der Waals surface area contributed by atoms with Gasteiger partial charge in [0.05, 0.1) is 0 Å². The molecule has 0 atom stereocenters. The minimum absolute atomic E-state index is 0.297. The van der Waals surface area contributed by atoms with Crippen LogP contribution < -0.4 is 0 Å². The second-order valence-corrected chi connectivity index (χ2v) is 3.80. The molecule has 0 aromatic heterocycles. The lowest BCUT2D eigenvalue weighted by Crippen LogP contribution is -1.80. The first kappa shape index (κ1) is 10.5. The van der Waals surface area contributed by atoms with Crippen LogP contribution in [-0.2, 0) is 0 Å². The first-order chi connectivity index (χ1) is 7.75. The molecule has 0 saturated heterocycles. The fourth-order valence-electron chi connectivity index (χ4n) is 1.49. The van der Waals surface area contributed by atoms with E-state index in [0.29, 0.717) is 5.76 Å². The van der Waals surface area contributed by atoms with Gasteiger partial charge in [-0.3, -0.25) is 0 Å². The van der Waals surface area contributed by atoms with Crippen molar-refractivity contribution in [3.05, 3.63) is 77.1 Å². The molecule has 16 heavy (non-hydrogen) atoms. The normalized spacial score (nSPS) is 13.9. The van der Waals surface area contributed by atoms with Crippen molar-refractivity contribution in [2.75, 3.05) is 0 Å². The van der Waals surface area contributed by atoms with Gasteiger partial charge in [-0.15, -0.1) is 0 Å². The Hall–Kier alpha value is -2.02. The number of hydrogen-bond donors (Lipinski definition) is 1. The van der Waals surface area contributed by atoms with Gasteiger partial charge in [0, 0.05) is 5.57 Å². The lowest BCUT2D eigenvalue weighted by Gasteiger charge is -1.96. The minimum atomic E-state index is 0.297.